The van der Waals surface area contributed by atoms with Crippen molar-refractivity contribution in [1.82, 2.24) is 10.3 Å². The van der Waals surface area contributed by atoms with E-state index in [-0.39, 0.29) is 12.4 Å². The Kier molecular flexibility index (Phi) is 6.33. The molecular weight excluding hydrogens is 347 g/mol. The Morgan fingerprint density at radius 3 is 2.81 bits per heavy atom. The molecule has 1 aromatic heterocycles. The molecule has 0 spiro atoms. The normalized spacial score (nSPS) is 11.2. The van der Waals surface area contributed by atoms with Crippen LogP contribution in [0.15, 0.2) is 48.7 Å². The molecule has 1 heterocycles. The maximum atomic E-state index is 12.1. The van der Waals surface area contributed by atoms with E-state index in [0.717, 1.165) is 0 Å². The number of ether oxygens (including phenoxy) is 1. The summed E-state index contributed by atoms with van der Waals surface area (Å²) < 4.78 is 41.0. The van der Waals surface area contributed by atoms with Gasteiger partial charge < -0.3 is 10.1 Å². The number of hydrogen-bond acceptors (Lipinski definition) is 4. The summed E-state index contributed by atoms with van der Waals surface area (Å²) in [5.74, 6) is -0.583. The van der Waals surface area contributed by atoms with Crippen LogP contribution in [0.3, 0.4) is 0 Å². The van der Waals surface area contributed by atoms with Gasteiger partial charge in [-0.1, -0.05) is 18.2 Å². The highest BCUT2D eigenvalue weighted by molar-refractivity contribution is 5.92. The van der Waals surface area contributed by atoms with Crippen LogP contribution in [0, 0.1) is 11.3 Å². The van der Waals surface area contributed by atoms with Crippen molar-refractivity contribution in [2.24, 2.45) is 0 Å². The first-order chi connectivity index (χ1) is 12.4. The van der Waals surface area contributed by atoms with E-state index in [4.69, 9.17) is 5.26 Å². The van der Waals surface area contributed by atoms with Crippen molar-refractivity contribution < 1.29 is 22.7 Å². The zero-order valence-electron chi connectivity index (χ0n) is 13.5. The van der Waals surface area contributed by atoms with Crippen LogP contribution in [0.5, 0.6) is 5.88 Å². The molecule has 8 heteroatoms. The molecule has 0 bridgehead atoms. The smallest absolute Gasteiger partial charge is 0.422 e. The Morgan fingerprint density at radius 2 is 2.08 bits per heavy atom. The summed E-state index contributed by atoms with van der Waals surface area (Å²) in [5, 5.41) is 11.6. The number of amides is 1. The average Bonchev–Trinajstić information content (AvgIpc) is 2.63. The second-order valence-corrected chi connectivity index (χ2v) is 5.16. The standard InChI is InChI=1S/C18H14F3N3O2/c19-18(20,21)12-26-17-9-13(7-8-23-17)11-24-16(25)6-5-14-3-1-2-4-15(14)10-22/h1-9H,11-12H2,(H,24,25)/b6-5+. The number of nitriles is 1. The maximum absolute atomic E-state index is 12.1. The lowest BCUT2D eigenvalue weighted by atomic mass is 10.1. The molecule has 26 heavy (non-hydrogen) atoms. The first kappa shape index (κ1) is 19.0. The van der Waals surface area contributed by atoms with E-state index in [1.54, 1.807) is 30.3 Å². The quantitative estimate of drug-likeness (QED) is 0.802. The molecule has 0 aliphatic carbocycles. The predicted molar refractivity (Wildman–Crippen MR) is 87.8 cm³/mol. The molecule has 1 amide bonds. The van der Waals surface area contributed by atoms with E-state index < -0.39 is 18.7 Å². The summed E-state index contributed by atoms with van der Waals surface area (Å²) in [6.45, 7) is -1.34. The number of hydrogen-bond donors (Lipinski definition) is 1. The summed E-state index contributed by atoms with van der Waals surface area (Å²) in [5.41, 5.74) is 1.59. The van der Waals surface area contributed by atoms with Gasteiger partial charge in [-0.05, 0) is 29.3 Å². The molecule has 5 nitrogen and oxygen atoms in total. The maximum Gasteiger partial charge on any atom is 0.422 e. The summed E-state index contributed by atoms with van der Waals surface area (Å²) in [7, 11) is 0. The number of rotatable bonds is 6. The zero-order chi connectivity index (χ0) is 19.0. The van der Waals surface area contributed by atoms with E-state index >= 15 is 0 Å². The van der Waals surface area contributed by atoms with Gasteiger partial charge in [-0.2, -0.15) is 18.4 Å². The third kappa shape index (κ3) is 6.28. The van der Waals surface area contributed by atoms with E-state index in [1.165, 1.54) is 24.4 Å². The molecule has 0 unspecified atom stereocenters. The number of alkyl halides is 3. The lowest BCUT2D eigenvalue weighted by molar-refractivity contribution is -0.154. The van der Waals surface area contributed by atoms with E-state index in [9.17, 15) is 18.0 Å². The van der Waals surface area contributed by atoms with Crippen molar-refractivity contribution >= 4 is 12.0 Å². The monoisotopic (exact) mass is 361 g/mol. The fourth-order valence-corrected chi connectivity index (χ4v) is 1.95. The highest BCUT2D eigenvalue weighted by atomic mass is 19.4. The SMILES string of the molecule is N#Cc1ccccc1/C=C/C(=O)NCc1ccnc(OCC(F)(F)F)c1. The van der Waals surface area contributed by atoms with Crippen LogP contribution in [-0.4, -0.2) is 23.7 Å². The topological polar surface area (TPSA) is 75.0 Å². The number of benzene rings is 1. The van der Waals surface area contributed by atoms with Crippen LogP contribution in [0.25, 0.3) is 6.08 Å². The summed E-state index contributed by atoms with van der Waals surface area (Å²) in [4.78, 5) is 15.5. The fraction of sp³-hybridized carbons (Fsp3) is 0.167. The minimum atomic E-state index is -4.45. The van der Waals surface area contributed by atoms with Gasteiger partial charge in [-0.25, -0.2) is 4.98 Å². The van der Waals surface area contributed by atoms with Gasteiger partial charge in [0, 0.05) is 24.9 Å². The highest BCUT2D eigenvalue weighted by Crippen LogP contribution is 2.17. The molecule has 0 fully saturated rings. The Labute approximate surface area is 147 Å². The van der Waals surface area contributed by atoms with E-state index in [0.29, 0.717) is 16.7 Å². The lowest BCUT2D eigenvalue weighted by Gasteiger charge is -2.09. The molecule has 2 aromatic rings. The Balaban J connectivity index is 1.91. The van der Waals surface area contributed by atoms with Crippen LogP contribution in [0.4, 0.5) is 13.2 Å². The van der Waals surface area contributed by atoms with Crippen LogP contribution in [0.1, 0.15) is 16.7 Å². The molecule has 0 radical (unpaired) electrons. The molecule has 2 rings (SSSR count). The van der Waals surface area contributed by atoms with Gasteiger partial charge in [-0.15, -0.1) is 0 Å². The fourth-order valence-electron chi connectivity index (χ4n) is 1.95. The summed E-state index contributed by atoms with van der Waals surface area (Å²) in [6.07, 6.45) is -0.362. The minimum absolute atomic E-state index is 0.0912. The van der Waals surface area contributed by atoms with Gasteiger partial charge in [0.1, 0.15) is 0 Å². The van der Waals surface area contributed by atoms with E-state index in [1.807, 2.05) is 6.07 Å². The number of aromatic nitrogens is 1. The van der Waals surface area contributed by atoms with Crippen molar-refractivity contribution in [3.05, 3.63) is 65.4 Å². The molecule has 134 valence electrons. The number of nitrogens with one attached hydrogen (secondary N) is 1. The number of halogens is 3. The average molecular weight is 361 g/mol. The van der Waals surface area contributed by atoms with Gasteiger partial charge in [0.2, 0.25) is 11.8 Å². The second kappa shape index (κ2) is 8.67. The van der Waals surface area contributed by atoms with Crippen molar-refractivity contribution in [3.8, 4) is 11.9 Å². The minimum Gasteiger partial charge on any atom is -0.468 e. The number of pyridine rings is 1. The second-order valence-electron chi connectivity index (χ2n) is 5.16. The molecule has 0 atom stereocenters. The van der Waals surface area contributed by atoms with Crippen LogP contribution < -0.4 is 10.1 Å². The zero-order valence-corrected chi connectivity index (χ0v) is 13.5. The van der Waals surface area contributed by atoms with Crippen molar-refractivity contribution in [1.29, 1.82) is 5.26 Å². The molecule has 1 N–H and O–H groups in total. The molecule has 0 saturated heterocycles. The number of carbonyl (C=O) groups is 1. The first-order valence-electron chi connectivity index (χ1n) is 7.47. The van der Waals surface area contributed by atoms with Crippen LogP contribution in [0.2, 0.25) is 0 Å². The van der Waals surface area contributed by atoms with Gasteiger partial charge in [-0.3, -0.25) is 4.79 Å². The Bertz CT molecular complexity index is 842. The van der Waals surface area contributed by atoms with Crippen molar-refractivity contribution in [2.75, 3.05) is 6.61 Å². The van der Waals surface area contributed by atoms with Gasteiger partial charge in [0.15, 0.2) is 6.61 Å². The highest BCUT2D eigenvalue weighted by Gasteiger charge is 2.28. The number of nitrogens with zero attached hydrogens (tertiary/aromatic N) is 2. The summed E-state index contributed by atoms with van der Waals surface area (Å²) in [6, 6.07) is 11.7. The first-order valence-corrected chi connectivity index (χ1v) is 7.47. The molecule has 0 saturated carbocycles. The molecule has 0 aliphatic heterocycles. The summed E-state index contributed by atoms with van der Waals surface area (Å²) >= 11 is 0. The van der Waals surface area contributed by atoms with Crippen LogP contribution >= 0.6 is 0 Å². The molecular formula is C18H14F3N3O2. The van der Waals surface area contributed by atoms with Crippen molar-refractivity contribution in [3.63, 3.8) is 0 Å². The largest absolute Gasteiger partial charge is 0.468 e. The van der Waals surface area contributed by atoms with E-state index in [2.05, 4.69) is 15.0 Å². The third-order valence-electron chi connectivity index (χ3n) is 3.15. The van der Waals surface area contributed by atoms with Gasteiger partial charge in [0.05, 0.1) is 11.6 Å². The van der Waals surface area contributed by atoms with Crippen molar-refractivity contribution in [2.45, 2.75) is 12.7 Å². The molecule has 1 aromatic carbocycles. The van der Waals surface area contributed by atoms with Gasteiger partial charge >= 0.3 is 6.18 Å². The van der Waals surface area contributed by atoms with Crippen LogP contribution in [-0.2, 0) is 11.3 Å². The predicted octanol–water partition coefficient (Wildman–Crippen LogP) is 3.22. The Morgan fingerprint density at radius 1 is 1.31 bits per heavy atom. The van der Waals surface area contributed by atoms with Gasteiger partial charge in [0.25, 0.3) is 0 Å². The lowest BCUT2D eigenvalue weighted by Crippen LogP contribution is -2.21. The molecule has 0 aliphatic rings. The number of carbonyl (C=O) groups excluding carboxylic acids is 1. The third-order valence-corrected chi connectivity index (χ3v) is 3.15. The Hall–Kier alpha value is -3.34.